The number of piperidine rings is 3. The Kier molecular flexibility index (Phi) is 6.03. The van der Waals surface area contributed by atoms with E-state index in [1.54, 1.807) is 0 Å². The number of nitrogens with zero attached hydrogens (tertiary/aromatic N) is 1. The Balaban J connectivity index is 0.000000495. The van der Waals surface area contributed by atoms with E-state index in [0.29, 0.717) is 12.0 Å². The van der Waals surface area contributed by atoms with Gasteiger partial charge < -0.3 is 25.4 Å². The molecule has 3 saturated heterocycles. The molecule has 6 heteroatoms. The van der Waals surface area contributed by atoms with Gasteiger partial charge in [-0.05, 0) is 25.3 Å². The molecule has 0 radical (unpaired) electrons. The third kappa shape index (κ3) is 2.83. The number of aliphatic hydroxyl groups is 4. The standard InChI is InChI=1S/C19H22N2O2.2CH4O/c1-2-10-8-21-15-7-12(10)13(9-22)18(21)19(23)16-11-5-3-4-6-14(11)20-17(15)16;2*1-2/h2-6,12-13,15,18-20,22-23H,7-9H2,1H3;2*2H,1H3/b10-2-;;/t12-,13+,15-,18+,19+;;/m0../s1. The van der Waals surface area contributed by atoms with E-state index in [1.807, 2.05) is 12.1 Å². The first kappa shape index (κ1) is 20.0. The van der Waals surface area contributed by atoms with E-state index in [0.717, 1.165) is 43.7 Å². The van der Waals surface area contributed by atoms with Crippen LogP contribution >= 0.6 is 0 Å². The van der Waals surface area contributed by atoms with Gasteiger partial charge in [0, 0.05) is 61.5 Å². The maximum Gasteiger partial charge on any atom is 0.0973 e. The Morgan fingerprint density at radius 1 is 1.19 bits per heavy atom. The summed E-state index contributed by atoms with van der Waals surface area (Å²) in [4.78, 5) is 5.98. The van der Waals surface area contributed by atoms with Crippen LogP contribution in [0, 0.1) is 11.8 Å². The minimum absolute atomic E-state index is 0.0270. The van der Waals surface area contributed by atoms with Gasteiger partial charge in [0.15, 0.2) is 0 Å². The van der Waals surface area contributed by atoms with Crippen LogP contribution in [0.15, 0.2) is 35.9 Å². The van der Waals surface area contributed by atoms with Gasteiger partial charge in [0.05, 0.1) is 12.1 Å². The van der Waals surface area contributed by atoms with Gasteiger partial charge >= 0.3 is 0 Å². The molecule has 0 amide bonds. The third-order valence-electron chi connectivity index (χ3n) is 6.37. The van der Waals surface area contributed by atoms with Crippen LogP contribution in [0.2, 0.25) is 0 Å². The molecule has 5 N–H and O–H groups in total. The zero-order chi connectivity index (χ0) is 19.7. The molecule has 4 aliphatic heterocycles. The zero-order valence-corrected chi connectivity index (χ0v) is 16.1. The molecule has 3 fully saturated rings. The lowest BCUT2D eigenvalue weighted by Crippen LogP contribution is -2.62. The Hall–Kier alpha value is -1.70. The highest BCUT2D eigenvalue weighted by Gasteiger charge is 2.55. The van der Waals surface area contributed by atoms with Crippen LogP contribution in [0.3, 0.4) is 0 Å². The molecule has 6 nitrogen and oxygen atoms in total. The number of aliphatic hydroxyl groups excluding tert-OH is 4. The molecule has 4 bridgehead atoms. The van der Waals surface area contributed by atoms with Gasteiger partial charge in [-0.15, -0.1) is 0 Å². The van der Waals surface area contributed by atoms with Crippen LogP contribution < -0.4 is 0 Å². The number of hydrogen-bond donors (Lipinski definition) is 5. The fraction of sp³-hybridized carbons (Fsp3) is 0.524. The number of allylic oxidation sites excluding steroid dienone is 1. The summed E-state index contributed by atoms with van der Waals surface area (Å²) in [6.45, 7) is 3.15. The highest BCUT2D eigenvalue weighted by atomic mass is 16.3. The summed E-state index contributed by atoms with van der Waals surface area (Å²) in [7, 11) is 2.00. The van der Waals surface area contributed by atoms with Crippen LogP contribution in [-0.2, 0) is 0 Å². The molecule has 2 aromatic rings. The fourth-order valence-corrected chi connectivity index (χ4v) is 5.39. The molecule has 0 aliphatic carbocycles. The smallest absolute Gasteiger partial charge is 0.0973 e. The summed E-state index contributed by atoms with van der Waals surface area (Å²) in [6, 6.07) is 8.60. The van der Waals surface area contributed by atoms with Crippen molar-refractivity contribution in [3.8, 4) is 0 Å². The van der Waals surface area contributed by atoms with Gasteiger partial charge in [0.1, 0.15) is 0 Å². The van der Waals surface area contributed by atoms with E-state index in [2.05, 4.69) is 35.0 Å². The lowest BCUT2D eigenvalue weighted by atomic mass is 9.63. The minimum Gasteiger partial charge on any atom is -0.400 e. The second kappa shape index (κ2) is 8.12. The first-order valence-corrected chi connectivity index (χ1v) is 9.44. The topological polar surface area (TPSA) is 100.0 Å². The van der Waals surface area contributed by atoms with E-state index in [1.165, 1.54) is 11.3 Å². The molecule has 0 saturated carbocycles. The Morgan fingerprint density at radius 3 is 2.56 bits per heavy atom. The van der Waals surface area contributed by atoms with Gasteiger partial charge in [-0.1, -0.05) is 29.8 Å². The molecule has 0 spiro atoms. The summed E-state index contributed by atoms with van der Waals surface area (Å²) < 4.78 is 0. The molecule has 1 aromatic carbocycles. The molecule has 148 valence electrons. The molecule has 4 aliphatic rings. The molecule has 5 heterocycles. The number of fused-ring (bicyclic) bond motifs is 4. The van der Waals surface area contributed by atoms with Crippen molar-refractivity contribution in [1.82, 2.24) is 9.88 Å². The highest BCUT2D eigenvalue weighted by Crippen LogP contribution is 2.56. The van der Waals surface area contributed by atoms with Crippen molar-refractivity contribution in [2.75, 3.05) is 27.4 Å². The summed E-state index contributed by atoms with van der Waals surface area (Å²) >= 11 is 0. The maximum atomic E-state index is 11.2. The van der Waals surface area contributed by atoms with Crippen molar-refractivity contribution in [2.24, 2.45) is 11.8 Å². The molecule has 6 rings (SSSR count). The van der Waals surface area contributed by atoms with Crippen molar-refractivity contribution in [2.45, 2.75) is 31.5 Å². The normalized spacial score (nSPS) is 34.4. The second-order valence-corrected chi connectivity index (χ2v) is 7.17. The lowest BCUT2D eigenvalue weighted by molar-refractivity contribution is -0.107. The van der Waals surface area contributed by atoms with Crippen molar-refractivity contribution < 1.29 is 20.4 Å². The number of H-pyrrole nitrogens is 1. The first-order valence-electron chi connectivity index (χ1n) is 9.44. The third-order valence-corrected chi connectivity index (χ3v) is 6.37. The van der Waals surface area contributed by atoms with Crippen LogP contribution in [-0.4, -0.2) is 63.7 Å². The van der Waals surface area contributed by atoms with E-state index in [4.69, 9.17) is 10.2 Å². The van der Waals surface area contributed by atoms with Gasteiger partial charge in [-0.3, -0.25) is 4.90 Å². The molecule has 27 heavy (non-hydrogen) atoms. The number of benzene rings is 1. The molecular formula is C21H30N2O4. The summed E-state index contributed by atoms with van der Waals surface area (Å²) in [5.74, 6) is 0.516. The van der Waals surface area contributed by atoms with Crippen LogP contribution in [0.4, 0.5) is 0 Å². The van der Waals surface area contributed by atoms with E-state index in [9.17, 15) is 10.2 Å². The van der Waals surface area contributed by atoms with E-state index in [-0.39, 0.29) is 18.6 Å². The molecule has 6 atom stereocenters. The van der Waals surface area contributed by atoms with E-state index >= 15 is 0 Å². The summed E-state index contributed by atoms with van der Waals surface area (Å²) in [5.41, 5.74) is 4.77. The Labute approximate surface area is 159 Å². The van der Waals surface area contributed by atoms with Crippen LogP contribution in [0.1, 0.15) is 36.7 Å². The predicted molar refractivity (Wildman–Crippen MR) is 105 cm³/mol. The zero-order valence-electron chi connectivity index (χ0n) is 16.1. The van der Waals surface area contributed by atoms with Crippen LogP contribution in [0.5, 0.6) is 0 Å². The molecule has 1 unspecified atom stereocenters. The molecule has 1 aromatic heterocycles. The number of hydrogen-bond acceptors (Lipinski definition) is 5. The predicted octanol–water partition coefficient (Wildman–Crippen LogP) is 1.73. The SMILES string of the molecule is C/C=C1/CN2[C@@H]3[C@H](CO)[C@H]1C[C@H]2c1[nH]c2ccccc2c1[C@H]3O.CO.CO. The number of nitrogens with one attached hydrogen (secondary N) is 1. The Bertz CT molecular complexity index is 816. The number of aromatic nitrogens is 1. The summed E-state index contributed by atoms with van der Waals surface area (Å²) in [6.07, 6.45) is 2.71. The highest BCUT2D eigenvalue weighted by molar-refractivity contribution is 5.85. The van der Waals surface area contributed by atoms with Crippen LogP contribution in [0.25, 0.3) is 10.9 Å². The number of rotatable bonds is 1. The second-order valence-electron chi connectivity index (χ2n) is 7.17. The van der Waals surface area contributed by atoms with Gasteiger partial charge in [-0.25, -0.2) is 0 Å². The van der Waals surface area contributed by atoms with Gasteiger partial charge in [0.2, 0.25) is 0 Å². The molecular weight excluding hydrogens is 344 g/mol. The quantitative estimate of drug-likeness (QED) is 0.490. The lowest BCUT2D eigenvalue weighted by Gasteiger charge is -2.59. The van der Waals surface area contributed by atoms with Gasteiger partial charge in [0.25, 0.3) is 0 Å². The monoisotopic (exact) mass is 374 g/mol. The van der Waals surface area contributed by atoms with Crippen molar-refractivity contribution >= 4 is 10.9 Å². The number of aromatic amines is 1. The van der Waals surface area contributed by atoms with Crippen molar-refractivity contribution in [1.29, 1.82) is 0 Å². The average Bonchev–Trinajstić information content (AvgIpc) is 3.14. The first-order chi connectivity index (χ1) is 13.2. The summed E-state index contributed by atoms with van der Waals surface area (Å²) in [5, 5.41) is 36.3. The minimum atomic E-state index is -0.532. The Morgan fingerprint density at radius 2 is 1.89 bits per heavy atom. The van der Waals surface area contributed by atoms with E-state index < -0.39 is 6.10 Å². The van der Waals surface area contributed by atoms with Gasteiger partial charge in [-0.2, -0.15) is 0 Å². The maximum absolute atomic E-state index is 11.2. The number of para-hydroxylation sites is 1. The van der Waals surface area contributed by atoms with Crippen molar-refractivity contribution in [3.63, 3.8) is 0 Å². The fourth-order valence-electron chi connectivity index (χ4n) is 5.39. The largest absolute Gasteiger partial charge is 0.400 e. The van der Waals surface area contributed by atoms with Crippen molar-refractivity contribution in [3.05, 3.63) is 47.2 Å². The average molecular weight is 374 g/mol.